The number of aliphatic imine (C=N–C) groups is 1. The normalized spacial score (nSPS) is 18.0. The molecule has 1 saturated carbocycles. The van der Waals surface area contributed by atoms with Crippen molar-refractivity contribution < 1.29 is 14.1 Å². The average Bonchev–Trinajstić information content (AvgIpc) is 3.39. The van der Waals surface area contributed by atoms with Crippen molar-refractivity contribution in [3.63, 3.8) is 0 Å². The third kappa shape index (κ3) is 7.28. The van der Waals surface area contributed by atoms with E-state index in [2.05, 4.69) is 25.3 Å². The van der Waals surface area contributed by atoms with Gasteiger partial charge in [0.1, 0.15) is 5.60 Å². The Morgan fingerprint density at radius 3 is 2.47 bits per heavy atom. The quantitative estimate of drug-likeness (QED) is 0.352. The van der Waals surface area contributed by atoms with Crippen molar-refractivity contribution in [3.8, 4) is 0 Å². The van der Waals surface area contributed by atoms with Crippen LogP contribution in [-0.4, -0.2) is 70.3 Å². The van der Waals surface area contributed by atoms with Crippen LogP contribution in [0.1, 0.15) is 58.2 Å². The maximum atomic E-state index is 12.8. The minimum atomic E-state index is -0.474. The van der Waals surface area contributed by atoms with Crippen LogP contribution in [-0.2, 0) is 11.3 Å². The van der Waals surface area contributed by atoms with Gasteiger partial charge < -0.3 is 24.4 Å². The molecule has 170 valence electrons. The Kier molecular flexibility index (Phi) is 8.74. The van der Waals surface area contributed by atoms with Crippen molar-refractivity contribution in [2.75, 3.05) is 26.7 Å². The summed E-state index contributed by atoms with van der Waals surface area (Å²) in [6, 6.07) is 0.207. The lowest BCUT2D eigenvalue weighted by molar-refractivity contribution is 0.00927. The Bertz CT molecular complexity index is 720. The van der Waals surface area contributed by atoms with E-state index in [1.165, 1.54) is 12.8 Å². The maximum absolute atomic E-state index is 12.8. The van der Waals surface area contributed by atoms with Crippen molar-refractivity contribution in [1.29, 1.82) is 0 Å². The molecule has 0 bridgehead atoms. The van der Waals surface area contributed by atoms with Gasteiger partial charge in [0, 0.05) is 32.7 Å². The van der Waals surface area contributed by atoms with E-state index in [9.17, 15) is 4.79 Å². The number of hydrogen-bond acceptors (Lipinski definition) is 6. The molecule has 1 amide bonds. The van der Waals surface area contributed by atoms with Crippen LogP contribution in [0.15, 0.2) is 9.52 Å². The Morgan fingerprint density at radius 1 is 1.30 bits per heavy atom. The molecular weight excluding hydrogens is 499 g/mol. The van der Waals surface area contributed by atoms with E-state index >= 15 is 0 Å². The molecule has 1 aliphatic carbocycles. The van der Waals surface area contributed by atoms with E-state index in [4.69, 9.17) is 9.26 Å². The van der Waals surface area contributed by atoms with Crippen molar-refractivity contribution in [1.82, 2.24) is 25.3 Å². The first kappa shape index (κ1) is 24.7. The molecule has 2 aliphatic rings. The van der Waals surface area contributed by atoms with E-state index < -0.39 is 5.60 Å². The molecule has 0 radical (unpaired) electrons. The molecule has 1 N–H and O–H groups in total. The van der Waals surface area contributed by atoms with Gasteiger partial charge in [-0.3, -0.25) is 4.99 Å². The molecule has 1 aliphatic heterocycles. The summed E-state index contributed by atoms with van der Waals surface area (Å²) >= 11 is 0. The largest absolute Gasteiger partial charge is 0.444 e. The first-order valence-corrected chi connectivity index (χ1v) is 10.5. The number of aryl methyl sites for hydroxylation is 1. The van der Waals surface area contributed by atoms with Crippen LogP contribution in [0.25, 0.3) is 0 Å². The van der Waals surface area contributed by atoms with E-state index in [-0.39, 0.29) is 36.1 Å². The van der Waals surface area contributed by atoms with Crippen LogP contribution in [0.5, 0.6) is 0 Å². The van der Waals surface area contributed by atoms with Gasteiger partial charge in [-0.05, 0) is 59.3 Å². The number of ether oxygens (including phenoxy) is 1. The number of amides is 1. The first-order chi connectivity index (χ1) is 13.7. The summed E-state index contributed by atoms with van der Waals surface area (Å²) in [5.41, 5.74) is -0.474. The lowest BCUT2D eigenvalue weighted by atomic mass is 10.0. The topological polar surface area (TPSA) is 96.1 Å². The van der Waals surface area contributed by atoms with Crippen LogP contribution >= 0.6 is 24.0 Å². The molecule has 3 rings (SSSR count). The van der Waals surface area contributed by atoms with Gasteiger partial charge in [0.2, 0.25) is 5.89 Å². The number of guanidine groups is 1. The first-order valence-electron chi connectivity index (χ1n) is 10.5. The summed E-state index contributed by atoms with van der Waals surface area (Å²) in [4.78, 5) is 25.6. The predicted molar refractivity (Wildman–Crippen MR) is 125 cm³/mol. The van der Waals surface area contributed by atoms with Gasteiger partial charge in [0.05, 0.1) is 6.54 Å². The molecule has 0 unspecified atom stereocenters. The number of likely N-dealkylation sites (tertiary alicyclic amines) is 1. The zero-order valence-electron chi connectivity index (χ0n) is 18.7. The Hall–Kier alpha value is -1.59. The molecule has 0 atom stereocenters. The summed E-state index contributed by atoms with van der Waals surface area (Å²) in [5.74, 6) is 2.60. The Balaban J connectivity index is 0.00000320. The molecular formula is C20H35IN6O3. The molecule has 1 aromatic heterocycles. The van der Waals surface area contributed by atoms with E-state index in [0.29, 0.717) is 24.2 Å². The fraction of sp³-hybridized carbons (Fsp3) is 0.800. The highest BCUT2D eigenvalue weighted by atomic mass is 127. The highest BCUT2D eigenvalue weighted by molar-refractivity contribution is 14.0. The zero-order chi connectivity index (χ0) is 21.0. The van der Waals surface area contributed by atoms with Crippen LogP contribution < -0.4 is 5.32 Å². The Labute approximate surface area is 196 Å². The maximum Gasteiger partial charge on any atom is 0.410 e. The number of halogens is 1. The monoisotopic (exact) mass is 534 g/mol. The molecule has 1 saturated heterocycles. The van der Waals surface area contributed by atoms with Crippen molar-refractivity contribution in [2.24, 2.45) is 10.9 Å². The van der Waals surface area contributed by atoms with E-state index in [0.717, 1.165) is 38.4 Å². The van der Waals surface area contributed by atoms with Crippen molar-refractivity contribution in [2.45, 2.75) is 71.6 Å². The smallest absolute Gasteiger partial charge is 0.410 e. The van der Waals surface area contributed by atoms with Crippen LogP contribution in [0.3, 0.4) is 0 Å². The summed E-state index contributed by atoms with van der Waals surface area (Å²) in [7, 11) is 1.77. The highest BCUT2D eigenvalue weighted by Crippen LogP contribution is 2.32. The molecule has 1 aromatic rings. The summed E-state index contributed by atoms with van der Waals surface area (Å²) in [5, 5.41) is 7.09. The Morgan fingerprint density at radius 2 is 1.97 bits per heavy atom. The summed E-state index contributed by atoms with van der Waals surface area (Å²) in [6.45, 7) is 10.5. The second kappa shape index (κ2) is 10.6. The predicted octanol–water partition coefficient (Wildman–Crippen LogP) is 3.18. The fourth-order valence-electron chi connectivity index (χ4n) is 3.56. The second-order valence-electron chi connectivity index (χ2n) is 8.93. The van der Waals surface area contributed by atoms with Gasteiger partial charge in [-0.25, -0.2) is 4.79 Å². The fourth-order valence-corrected chi connectivity index (χ4v) is 3.56. The van der Waals surface area contributed by atoms with E-state index in [1.807, 2.05) is 25.7 Å². The molecule has 0 spiro atoms. The minimum Gasteiger partial charge on any atom is -0.444 e. The number of nitrogens with one attached hydrogen (secondary N) is 1. The number of hydrogen-bond donors (Lipinski definition) is 1. The third-order valence-electron chi connectivity index (χ3n) is 5.16. The van der Waals surface area contributed by atoms with Gasteiger partial charge in [0.15, 0.2) is 11.8 Å². The SMILES string of the molecule is CN=C(NCc1nc(C)no1)N1CCC(N(CC2CC2)C(=O)OC(C)(C)C)CC1.I. The number of aromatic nitrogens is 2. The molecule has 0 aromatic carbocycles. The molecule has 9 nitrogen and oxygen atoms in total. The lowest BCUT2D eigenvalue weighted by Gasteiger charge is -2.40. The van der Waals surface area contributed by atoms with Crippen molar-refractivity contribution in [3.05, 3.63) is 11.7 Å². The van der Waals surface area contributed by atoms with Crippen LogP contribution in [0, 0.1) is 12.8 Å². The van der Waals surface area contributed by atoms with Crippen molar-refractivity contribution >= 4 is 36.0 Å². The number of piperidine rings is 1. The lowest BCUT2D eigenvalue weighted by Crippen LogP contribution is -2.52. The molecule has 10 heteroatoms. The standard InChI is InChI=1S/C20H34N6O3.HI/c1-14-23-17(29-24-14)12-22-18(21-5)25-10-8-16(9-11-25)26(13-15-6-7-15)19(27)28-20(2,3)4;/h15-16H,6-13H2,1-5H3,(H,21,22);1H. The van der Waals surface area contributed by atoms with Gasteiger partial charge >= 0.3 is 6.09 Å². The number of carbonyl (C=O) groups excluding carboxylic acids is 1. The van der Waals surface area contributed by atoms with E-state index in [1.54, 1.807) is 14.0 Å². The number of rotatable bonds is 5. The summed E-state index contributed by atoms with van der Waals surface area (Å²) in [6.07, 6.45) is 4.03. The molecule has 2 heterocycles. The number of nitrogens with zero attached hydrogens (tertiary/aromatic N) is 5. The second-order valence-corrected chi connectivity index (χ2v) is 8.93. The van der Waals surface area contributed by atoms with Gasteiger partial charge in [-0.2, -0.15) is 4.98 Å². The van der Waals surface area contributed by atoms with Crippen LogP contribution in [0.2, 0.25) is 0 Å². The zero-order valence-corrected chi connectivity index (χ0v) is 21.0. The molecule has 2 fully saturated rings. The summed E-state index contributed by atoms with van der Waals surface area (Å²) < 4.78 is 10.8. The third-order valence-corrected chi connectivity index (χ3v) is 5.16. The average molecular weight is 534 g/mol. The van der Waals surface area contributed by atoms with Gasteiger partial charge in [-0.15, -0.1) is 24.0 Å². The number of carbonyl (C=O) groups is 1. The van der Waals surface area contributed by atoms with Gasteiger partial charge in [-0.1, -0.05) is 5.16 Å². The van der Waals surface area contributed by atoms with Gasteiger partial charge in [0.25, 0.3) is 0 Å². The molecule has 30 heavy (non-hydrogen) atoms. The highest BCUT2D eigenvalue weighted by Gasteiger charge is 2.35. The van der Waals surface area contributed by atoms with Crippen LogP contribution in [0.4, 0.5) is 4.79 Å². The minimum absolute atomic E-state index is 0.